The van der Waals surface area contributed by atoms with Crippen LogP contribution in [0.5, 0.6) is 0 Å². The van der Waals surface area contributed by atoms with Crippen LogP contribution < -0.4 is 11.1 Å². The SMILES string of the molecule is COC(=O)[C@@H](N)Cc1ccc(NC(=O)c2c(Cl)cncc2Cl)cc1.O=C(O)C(F)(F)F. The molecule has 0 saturated heterocycles. The third kappa shape index (κ3) is 8.40. The Morgan fingerprint density at radius 2 is 1.65 bits per heavy atom. The van der Waals surface area contributed by atoms with E-state index in [9.17, 15) is 22.8 Å². The molecule has 1 aromatic heterocycles. The number of nitrogens with zero attached hydrogens (tertiary/aromatic N) is 1. The highest BCUT2D eigenvalue weighted by atomic mass is 35.5. The van der Waals surface area contributed by atoms with E-state index in [1.807, 2.05) is 0 Å². The lowest BCUT2D eigenvalue weighted by Crippen LogP contribution is -2.33. The number of rotatable bonds is 5. The molecule has 0 aliphatic carbocycles. The molecular weight excluding hydrogens is 466 g/mol. The number of halogens is 5. The summed E-state index contributed by atoms with van der Waals surface area (Å²) in [6.45, 7) is 0. The van der Waals surface area contributed by atoms with E-state index in [0.29, 0.717) is 12.1 Å². The molecule has 168 valence electrons. The molecule has 1 atom stereocenters. The molecular formula is C18H16Cl2F3N3O5. The Balaban J connectivity index is 0.000000592. The predicted octanol–water partition coefficient (Wildman–Crippen LogP) is 3.32. The second-order valence-corrected chi connectivity index (χ2v) is 6.58. The van der Waals surface area contributed by atoms with Crippen molar-refractivity contribution in [2.24, 2.45) is 5.73 Å². The standard InChI is InChI=1S/C16H15Cl2N3O3.C2HF3O2/c1-24-16(23)13(19)6-9-2-4-10(5-3-9)21-15(22)14-11(17)7-20-8-12(14)18;3-2(4,5)1(6)7/h2-5,7-8,13H,6,19H2,1H3,(H,21,22);(H,6,7)/t13-;/m0./s1. The first-order chi connectivity index (χ1) is 14.4. The molecule has 0 unspecified atom stereocenters. The molecule has 0 radical (unpaired) electrons. The maximum atomic E-state index is 12.3. The fraction of sp³-hybridized carbons (Fsp3) is 0.222. The average molecular weight is 482 g/mol. The van der Waals surface area contributed by atoms with E-state index in [1.165, 1.54) is 19.5 Å². The Morgan fingerprint density at radius 1 is 1.16 bits per heavy atom. The molecule has 2 rings (SSSR count). The fourth-order valence-corrected chi connectivity index (χ4v) is 2.57. The minimum Gasteiger partial charge on any atom is -0.475 e. The van der Waals surface area contributed by atoms with Crippen LogP contribution in [0.25, 0.3) is 0 Å². The number of carbonyl (C=O) groups is 3. The van der Waals surface area contributed by atoms with Crippen LogP contribution in [-0.2, 0) is 20.7 Å². The van der Waals surface area contributed by atoms with Gasteiger partial charge in [0, 0.05) is 18.1 Å². The van der Waals surface area contributed by atoms with Crippen molar-refractivity contribution in [1.82, 2.24) is 4.98 Å². The number of nitrogens with one attached hydrogen (secondary N) is 1. The van der Waals surface area contributed by atoms with Crippen molar-refractivity contribution in [3.63, 3.8) is 0 Å². The van der Waals surface area contributed by atoms with Crippen molar-refractivity contribution >= 4 is 46.7 Å². The van der Waals surface area contributed by atoms with Crippen molar-refractivity contribution in [2.45, 2.75) is 18.6 Å². The number of methoxy groups -OCH3 is 1. The average Bonchev–Trinajstić information content (AvgIpc) is 2.68. The summed E-state index contributed by atoms with van der Waals surface area (Å²) in [5.41, 5.74) is 7.26. The lowest BCUT2D eigenvalue weighted by atomic mass is 10.1. The number of carboxylic acid groups (broad SMARTS) is 1. The van der Waals surface area contributed by atoms with Gasteiger partial charge in [0.15, 0.2) is 0 Å². The highest BCUT2D eigenvalue weighted by Gasteiger charge is 2.38. The quantitative estimate of drug-likeness (QED) is 0.558. The van der Waals surface area contributed by atoms with Crippen LogP contribution in [0, 0.1) is 0 Å². The van der Waals surface area contributed by atoms with Gasteiger partial charge in [-0.1, -0.05) is 35.3 Å². The number of anilines is 1. The largest absolute Gasteiger partial charge is 0.490 e. The van der Waals surface area contributed by atoms with Gasteiger partial charge >= 0.3 is 18.1 Å². The Morgan fingerprint density at radius 3 is 2.06 bits per heavy atom. The van der Waals surface area contributed by atoms with Gasteiger partial charge < -0.3 is 20.9 Å². The first-order valence-corrected chi connectivity index (χ1v) is 8.95. The van der Waals surface area contributed by atoms with Gasteiger partial charge in [-0.2, -0.15) is 13.2 Å². The fourth-order valence-electron chi connectivity index (χ4n) is 2.03. The van der Waals surface area contributed by atoms with E-state index in [-0.39, 0.29) is 15.6 Å². The van der Waals surface area contributed by atoms with Crippen LogP contribution in [0.15, 0.2) is 36.7 Å². The molecule has 1 aromatic carbocycles. The van der Waals surface area contributed by atoms with Gasteiger partial charge in [0.05, 0.1) is 22.7 Å². The lowest BCUT2D eigenvalue weighted by molar-refractivity contribution is -0.192. The summed E-state index contributed by atoms with van der Waals surface area (Å²) < 4.78 is 36.3. The Labute approximate surface area is 184 Å². The van der Waals surface area contributed by atoms with E-state index in [4.69, 9.17) is 38.8 Å². The molecule has 4 N–H and O–H groups in total. The van der Waals surface area contributed by atoms with Crippen LogP contribution in [0.4, 0.5) is 18.9 Å². The van der Waals surface area contributed by atoms with Gasteiger partial charge in [-0.25, -0.2) is 4.79 Å². The van der Waals surface area contributed by atoms with Crippen LogP contribution in [0.3, 0.4) is 0 Å². The van der Waals surface area contributed by atoms with Crippen LogP contribution in [-0.4, -0.2) is 47.3 Å². The van der Waals surface area contributed by atoms with E-state index >= 15 is 0 Å². The first-order valence-electron chi connectivity index (χ1n) is 8.19. The summed E-state index contributed by atoms with van der Waals surface area (Å²) in [4.78, 5) is 36.3. The Hall–Kier alpha value is -2.89. The summed E-state index contributed by atoms with van der Waals surface area (Å²) in [7, 11) is 1.29. The highest BCUT2D eigenvalue weighted by Crippen LogP contribution is 2.24. The van der Waals surface area contributed by atoms with Gasteiger partial charge in [0.2, 0.25) is 0 Å². The smallest absolute Gasteiger partial charge is 0.475 e. The van der Waals surface area contributed by atoms with Gasteiger partial charge in [-0.3, -0.25) is 14.6 Å². The number of hydrogen-bond donors (Lipinski definition) is 3. The van der Waals surface area contributed by atoms with Gasteiger partial charge in [0.1, 0.15) is 6.04 Å². The van der Waals surface area contributed by atoms with Crippen LogP contribution >= 0.6 is 23.2 Å². The van der Waals surface area contributed by atoms with Crippen LogP contribution in [0.2, 0.25) is 10.0 Å². The number of hydrogen-bond acceptors (Lipinski definition) is 6. The molecule has 2 aromatic rings. The molecule has 0 fully saturated rings. The monoisotopic (exact) mass is 481 g/mol. The number of nitrogens with two attached hydrogens (primary N) is 1. The number of alkyl halides is 3. The number of pyridine rings is 1. The van der Waals surface area contributed by atoms with Crippen molar-refractivity contribution < 1.29 is 37.4 Å². The third-order valence-electron chi connectivity index (χ3n) is 3.49. The molecule has 0 saturated carbocycles. The second kappa shape index (κ2) is 11.5. The summed E-state index contributed by atoms with van der Waals surface area (Å²) in [5.74, 6) is -3.67. The molecule has 31 heavy (non-hydrogen) atoms. The topological polar surface area (TPSA) is 132 Å². The number of aliphatic carboxylic acids is 1. The molecule has 0 aliphatic heterocycles. The number of esters is 1. The van der Waals surface area contributed by atoms with Crippen molar-refractivity contribution in [2.75, 3.05) is 12.4 Å². The van der Waals surface area contributed by atoms with E-state index in [1.54, 1.807) is 24.3 Å². The summed E-state index contributed by atoms with van der Waals surface area (Å²) in [6.07, 6.45) is -2.05. The first kappa shape index (κ1) is 26.1. The summed E-state index contributed by atoms with van der Waals surface area (Å²) in [6, 6.07) is 6.17. The van der Waals surface area contributed by atoms with Gasteiger partial charge in [0.25, 0.3) is 5.91 Å². The maximum Gasteiger partial charge on any atom is 0.490 e. The number of carbonyl (C=O) groups excluding carboxylic acids is 2. The predicted molar refractivity (Wildman–Crippen MR) is 106 cm³/mol. The Bertz CT molecular complexity index is 920. The number of aromatic nitrogens is 1. The zero-order valence-corrected chi connectivity index (χ0v) is 17.3. The van der Waals surface area contributed by atoms with Crippen molar-refractivity contribution in [3.8, 4) is 0 Å². The molecule has 8 nitrogen and oxygen atoms in total. The molecule has 0 bridgehead atoms. The maximum absolute atomic E-state index is 12.3. The van der Waals surface area contributed by atoms with Crippen LogP contribution in [0.1, 0.15) is 15.9 Å². The lowest BCUT2D eigenvalue weighted by Gasteiger charge is -2.11. The van der Waals surface area contributed by atoms with E-state index in [0.717, 1.165) is 5.56 Å². The van der Waals surface area contributed by atoms with Gasteiger partial charge in [-0.05, 0) is 24.1 Å². The number of ether oxygens (including phenoxy) is 1. The minimum atomic E-state index is -5.08. The molecule has 1 amide bonds. The highest BCUT2D eigenvalue weighted by molar-refractivity contribution is 6.40. The Kier molecular flexibility index (Phi) is 9.69. The minimum absolute atomic E-state index is 0.158. The summed E-state index contributed by atoms with van der Waals surface area (Å²) in [5, 5.41) is 10.2. The van der Waals surface area contributed by atoms with Gasteiger partial charge in [-0.15, -0.1) is 0 Å². The van der Waals surface area contributed by atoms with E-state index in [2.05, 4.69) is 15.0 Å². The number of amides is 1. The number of carboxylic acids is 1. The molecule has 0 aliphatic rings. The van der Waals surface area contributed by atoms with Crippen molar-refractivity contribution in [3.05, 3.63) is 57.8 Å². The number of benzene rings is 1. The molecule has 1 heterocycles. The zero-order valence-electron chi connectivity index (χ0n) is 15.7. The molecule has 13 heteroatoms. The third-order valence-corrected chi connectivity index (χ3v) is 4.07. The zero-order chi connectivity index (χ0) is 23.8. The second-order valence-electron chi connectivity index (χ2n) is 5.77. The normalized spacial score (nSPS) is 11.6. The van der Waals surface area contributed by atoms with Crippen molar-refractivity contribution in [1.29, 1.82) is 0 Å². The van der Waals surface area contributed by atoms with E-state index < -0.39 is 30.1 Å². The molecule has 0 spiro atoms. The summed E-state index contributed by atoms with van der Waals surface area (Å²) >= 11 is 11.9.